The van der Waals surface area contributed by atoms with Gasteiger partial charge in [-0.05, 0) is 31.9 Å². The lowest BCUT2D eigenvalue weighted by atomic mass is 10.2. The largest absolute Gasteiger partial charge is 0.454 e. The predicted molar refractivity (Wildman–Crippen MR) is 83.9 cm³/mol. The number of ether oxygens (including phenoxy) is 2. The average Bonchev–Trinajstić information content (AvgIpc) is 3.21. The Balaban J connectivity index is 1.53. The van der Waals surface area contributed by atoms with Crippen molar-refractivity contribution in [2.45, 2.75) is 25.8 Å². The molecule has 2 aliphatic rings. The van der Waals surface area contributed by atoms with E-state index in [1.807, 2.05) is 0 Å². The zero-order valence-electron chi connectivity index (χ0n) is 12.6. The summed E-state index contributed by atoms with van der Waals surface area (Å²) in [4.78, 5) is 20.9. The summed E-state index contributed by atoms with van der Waals surface area (Å²) in [5.74, 6) is 2.27. The number of carbonyl (C=O) groups excluding carboxylic acids is 1. The first-order valence-electron chi connectivity index (χ1n) is 7.50. The number of carbonyl (C=O) groups is 1. The lowest BCUT2D eigenvalue weighted by molar-refractivity contribution is 0.102. The van der Waals surface area contributed by atoms with Gasteiger partial charge in [0.05, 0.1) is 0 Å². The number of aryl methyl sites for hydroxylation is 1. The molecule has 23 heavy (non-hydrogen) atoms. The van der Waals surface area contributed by atoms with Gasteiger partial charge in [-0.2, -0.15) is 0 Å². The van der Waals surface area contributed by atoms with Crippen molar-refractivity contribution in [1.82, 2.24) is 9.97 Å². The van der Waals surface area contributed by atoms with Crippen LogP contribution in [0.1, 0.15) is 29.2 Å². The summed E-state index contributed by atoms with van der Waals surface area (Å²) in [5, 5.41) is 6.10. The fourth-order valence-corrected chi connectivity index (χ4v) is 2.36. The number of anilines is 2. The van der Waals surface area contributed by atoms with Crippen LogP contribution in [0.15, 0.2) is 24.3 Å². The van der Waals surface area contributed by atoms with Gasteiger partial charge in [-0.25, -0.2) is 9.97 Å². The van der Waals surface area contributed by atoms with E-state index in [1.165, 1.54) is 0 Å². The van der Waals surface area contributed by atoms with Crippen molar-refractivity contribution < 1.29 is 14.3 Å². The predicted octanol–water partition coefficient (Wildman–Crippen LogP) is 2.34. The van der Waals surface area contributed by atoms with Crippen molar-refractivity contribution in [3.8, 4) is 11.5 Å². The lowest BCUT2D eigenvalue weighted by Gasteiger charge is -2.09. The van der Waals surface area contributed by atoms with E-state index in [0.29, 0.717) is 40.6 Å². The molecule has 1 aliphatic heterocycles. The minimum Gasteiger partial charge on any atom is -0.454 e. The highest BCUT2D eigenvalue weighted by atomic mass is 16.7. The maximum Gasteiger partial charge on any atom is 0.274 e. The van der Waals surface area contributed by atoms with Crippen molar-refractivity contribution in [3.63, 3.8) is 0 Å². The van der Waals surface area contributed by atoms with E-state index in [-0.39, 0.29) is 12.7 Å². The lowest BCUT2D eigenvalue weighted by Crippen LogP contribution is -2.16. The molecule has 118 valence electrons. The second kappa shape index (κ2) is 5.42. The highest BCUT2D eigenvalue weighted by molar-refractivity contribution is 6.03. The summed E-state index contributed by atoms with van der Waals surface area (Å²) in [6, 6.07) is 7.41. The van der Waals surface area contributed by atoms with Gasteiger partial charge < -0.3 is 20.1 Å². The summed E-state index contributed by atoms with van der Waals surface area (Å²) >= 11 is 0. The maximum absolute atomic E-state index is 12.4. The van der Waals surface area contributed by atoms with E-state index >= 15 is 0 Å². The fourth-order valence-electron chi connectivity index (χ4n) is 2.36. The minimum atomic E-state index is -0.284. The van der Waals surface area contributed by atoms with Crippen LogP contribution in [-0.2, 0) is 0 Å². The van der Waals surface area contributed by atoms with Gasteiger partial charge in [-0.15, -0.1) is 0 Å². The quantitative estimate of drug-likeness (QED) is 0.901. The van der Waals surface area contributed by atoms with E-state index in [0.717, 1.165) is 12.8 Å². The van der Waals surface area contributed by atoms with Gasteiger partial charge in [0.15, 0.2) is 11.5 Å². The molecule has 4 rings (SSSR count). The number of hydrogen-bond acceptors (Lipinski definition) is 6. The van der Waals surface area contributed by atoms with Crippen LogP contribution >= 0.6 is 0 Å². The fraction of sp³-hybridized carbons (Fsp3) is 0.312. The Morgan fingerprint density at radius 2 is 2.00 bits per heavy atom. The van der Waals surface area contributed by atoms with Gasteiger partial charge in [-0.1, -0.05) is 0 Å². The number of amides is 1. The highest BCUT2D eigenvalue weighted by Crippen LogP contribution is 2.34. The Labute approximate surface area is 133 Å². The third-order valence-corrected chi connectivity index (χ3v) is 3.63. The van der Waals surface area contributed by atoms with E-state index in [9.17, 15) is 4.79 Å². The molecular formula is C16H16N4O3. The van der Waals surface area contributed by atoms with Gasteiger partial charge in [0.1, 0.15) is 17.3 Å². The molecule has 0 spiro atoms. The molecule has 1 amide bonds. The highest BCUT2D eigenvalue weighted by Gasteiger charge is 2.22. The van der Waals surface area contributed by atoms with Crippen LogP contribution in [0, 0.1) is 6.92 Å². The third kappa shape index (κ3) is 3.03. The van der Waals surface area contributed by atoms with Gasteiger partial charge in [0.2, 0.25) is 6.79 Å². The maximum atomic E-state index is 12.4. The van der Waals surface area contributed by atoms with Crippen molar-refractivity contribution in [2.24, 2.45) is 0 Å². The molecule has 1 saturated carbocycles. The molecule has 0 unspecified atom stereocenters. The topological polar surface area (TPSA) is 85.4 Å². The molecule has 1 aromatic heterocycles. The van der Waals surface area contributed by atoms with Gasteiger partial charge in [0, 0.05) is 23.9 Å². The number of hydrogen-bond donors (Lipinski definition) is 2. The Morgan fingerprint density at radius 3 is 2.83 bits per heavy atom. The van der Waals surface area contributed by atoms with Crippen molar-refractivity contribution in [1.29, 1.82) is 0 Å². The molecule has 7 heteroatoms. The minimum absolute atomic E-state index is 0.202. The van der Waals surface area contributed by atoms with Crippen LogP contribution < -0.4 is 20.1 Å². The summed E-state index contributed by atoms with van der Waals surface area (Å²) in [6.45, 7) is 1.98. The second-order valence-corrected chi connectivity index (χ2v) is 5.63. The summed E-state index contributed by atoms with van der Waals surface area (Å²) in [6.07, 6.45) is 2.28. The smallest absolute Gasteiger partial charge is 0.274 e. The third-order valence-electron chi connectivity index (χ3n) is 3.63. The van der Waals surface area contributed by atoms with E-state index < -0.39 is 0 Å². The zero-order valence-corrected chi connectivity index (χ0v) is 12.6. The zero-order chi connectivity index (χ0) is 15.8. The first-order chi connectivity index (χ1) is 11.2. The summed E-state index contributed by atoms with van der Waals surface area (Å²) in [7, 11) is 0. The van der Waals surface area contributed by atoms with Gasteiger partial charge in [0.25, 0.3) is 5.91 Å². The molecule has 1 aromatic carbocycles. The number of nitrogens with one attached hydrogen (secondary N) is 2. The molecule has 0 radical (unpaired) electrons. The van der Waals surface area contributed by atoms with Crippen molar-refractivity contribution >= 4 is 17.4 Å². The number of benzene rings is 1. The van der Waals surface area contributed by atoms with E-state index in [1.54, 1.807) is 31.2 Å². The first kappa shape index (κ1) is 13.8. The molecule has 2 N–H and O–H groups in total. The van der Waals surface area contributed by atoms with Crippen LogP contribution in [0.2, 0.25) is 0 Å². The molecule has 1 fully saturated rings. The van der Waals surface area contributed by atoms with Crippen LogP contribution in [0.5, 0.6) is 11.5 Å². The summed E-state index contributed by atoms with van der Waals surface area (Å²) < 4.78 is 10.6. The van der Waals surface area contributed by atoms with Crippen LogP contribution in [0.3, 0.4) is 0 Å². The second-order valence-electron chi connectivity index (χ2n) is 5.63. The van der Waals surface area contributed by atoms with Gasteiger partial charge in [-0.3, -0.25) is 4.79 Å². The van der Waals surface area contributed by atoms with Crippen molar-refractivity contribution in [2.75, 3.05) is 17.4 Å². The average molecular weight is 312 g/mol. The molecule has 1 aliphatic carbocycles. The van der Waals surface area contributed by atoms with Gasteiger partial charge >= 0.3 is 0 Å². The van der Waals surface area contributed by atoms with E-state index in [4.69, 9.17) is 9.47 Å². The van der Waals surface area contributed by atoms with Crippen LogP contribution in [0.25, 0.3) is 0 Å². The van der Waals surface area contributed by atoms with Crippen LogP contribution in [-0.4, -0.2) is 28.7 Å². The molecule has 0 bridgehead atoms. The Hall–Kier alpha value is -2.83. The number of aromatic nitrogens is 2. The number of nitrogens with zero attached hydrogens (tertiary/aromatic N) is 2. The Bertz CT molecular complexity index is 774. The monoisotopic (exact) mass is 312 g/mol. The van der Waals surface area contributed by atoms with E-state index in [2.05, 4.69) is 20.6 Å². The molecule has 0 saturated heterocycles. The molecule has 2 heterocycles. The van der Waals surface area contributed by atoms with Crippen molar-refractivity contribution in [3.05, 3.63) is 35.8 Å². The number of fused-ring (bicyclic) bond motifs is 1. The SMILES string of the molecule is Cc1nc(NC2CC2)cc(C(=O)Nc2ccc3c(c2)OCO3)n1. The normalized spacial score (nSPS) is 15.3. The molecular weight excluding hydrogens is 296 g/mol. The molecule has 2 aromatic rings. The first-order valence-corrected chi connectivity index (χ1v) is 7.50. The Kier molecular flexibility index (Phi) is 3.25. The standard InChI is InChI=1S/C16H16N4O3/c1-9-17-12(7-15(18-9)19-10-2-3-10)16(21)20-11-4-5-13-14(6-11)23-8-22-13/h4-7,10H,2-3,8H2,1H3,(H,20,21)(H,17,18,19). The summed E-state index contributed by atoms with van der Waals surface area (Å²) in [5.41, 5.74) is 0.963. The number of rotatable bonds is 4. The Morgan fingerprint density at radius 1 is 1.17 bits per heavy atom. The molecule has 7 nitrogen and oxygen atoms in total. The molecule has 0 atom stereocenters. The van der Waals surface area contributed by atoms with Crippen LogP contribution in [0.4, 0.5) is 11.5 Å².